The van der Waals surface area contributed by atoms with Crippen LogP contribution in [0.25, 0.3) is 11.1 Å². The van der Waals surface area contributed by atoms with Gasteiger partial charge in [-0.2, -0.15) is 0 Å². The highest BCUT2D eigenvalue weighted by Crippen LogP contribution is 2.26. The molecular weight excluding hydrogens is 422 g/mol. The Bertz CT molecular complexity index is 703. The number of rotatable bonds is 2. The van der Waals surface area contributed by atoms with E-state index in [2.05, 4.69) is 59.9 Å². The van der Waals surface area contributed by atoms with Crippen LogP contribution in [-0.4, -0.2) is 0 Å². The van der Waals surface area contributed by atoms with Crippen LogP contribution in [0.2, 0.25) is 0 Å². The van der Waals surface area contributed by atoms with Gasteiger partial charge in [0.2, 0.25) is 0 Å². The molecule has 0 saturated carbocycles. The van der Waals surface area contributed by atoms with Crippen molar-refractivity contribution in [2.45, 2.75) is 34.1 Å². The summed E-state index contributed by atoms with van der Waals surface area (Å²) in [5.74, 6) is 5.64. The Morgan fingerprint density at radius 1 is 1.16 bits per heavy atom. The summed E-state index contributed by atoms with van der Waals surface area (Å²) in [5.41, 5.74) is 3.10. The van der Waals surface area contributed by atoms with Crippen molar-refractivity contribution in [1.29, 1.82) is 0 Å². The van der Waals surface area contributed by atoms with Crippen LogP contribution in [0.4, 0.5) is 4.39 Å². The molecule has 2 heteroatoms. The molecule has 0 aliphatic heterocycles. The van der Waals surface area contributed by atoms with Gasteiger partial charge < -0.3 is 0 Å². The van der Waals surface area contributed by atoms with E-state index in [-0.39, 0.29) is 5.82 Å². The quantitative estimate of drug-likeness (QED) is 0.261. The van der Waals surface area contributed by atoms with E-state index in [9.17, 15) is 4.39 Å². The minimum absolute atomic E-state index is 0.211. The van der Waals surface area contributed by atoms with Gasteiger partial charge in [-0.15, -0.1) is 25.3 Å². The Balaban J connectivity index is 0. The van der Waals surface area contributed by atoms with Crippen LogP contribution in [0.1, 0.15) is 33.3 Å². The van der Waals surface area contributed by atoms with Crippen molar-refractivity contribution < 1.29 is 4.39 Å². The molecule has 2 rings (SSSR count). The lowest BCUT2D eigenvalue weighted by Crippen LogP contribution is -1.91. The van der Waals surface area contributed by atoms with Crippen LogP contribution in [-0.2, 0) is 6.42 Å². The Kier molecular flexibility index (Phi) is 16.9. The van der Waals surface area contributed by atoms with Gasteiger partial charge in [-0.3, -0.25) is 0 Å². The summed E-state index contributed by atoms with van der Waals surface area (Å²) in [5, 5.41) is 0. The molecule has 0 amide bonds. The lowest BCUT2D eigenvalue weighted by atomic mass is 9.98. The van der Waals surface area contributed by atoms with E-state index in [4.69, 9.17) is 0 Å². The van der Waals surface area contributed by atoms with Crippen molar-refractivity contribution in [3.63, 3.8) is 0 Å². The highest BCUT2D eigenvalue weighted by Gasteiger charge is 2.06. The fourth-order valence-corrected chi connectivity index (χ4v) is 2.37. The van der Waals surface area contributed by atoms with Crippen molar-refractivity contribution in [2.24, 2.45) is 0 Å². The Morgan fingerprint density at radius 3 is 2.28 bits per heavy atom. The summed E-state index contributed by atoms with van der Waals surface area (Å²) in [6.07, 6.45) is 10.3. The lowest BCUT2D eigenvalue weighted by Gasteiger charge is -2.08. The largest absolute Gasteiger partial charge is 0.207 e. The van der Waals surface area contributed by atoms with Gasteiger partial charge in [0, 0.05) is 9.99 Å². The van der Waals surface area contributed by atoms with Crippen LogP contribution < -0.4 is 0 Å². The topological polar surface area (TPSA) is 0 Å². The predicted molar refractivity (Wildman–Crippen MR) is 119 cm³/mol. The first kappa shape index (κ1) is 25.2. The third-order valence-electron chi connectivity index (χ3n) is 2.66. The minimum Gasteiger partial charge on any atom is -0.207 e. The highest BCUT2D eigenvalue weighted by atomic mass is 127. The molecule has 0 aliphatic carbocycles. The summed E-state index contributed by atoms with van der Waals surface area (Å²) in [7, 11) is 0. The van der Waals surface area contributed by atoms with E-state index in [0.717, 1.165) is 16.7 Å². The fraction of sp³-hybridized carbons (Fsp3) is 0.217. The average Bonchev–Trinajstić information content (AvgIpc) is 2.64. The Hall–Kier alpha value is -2.04. The molecule has 2 aromatic carbocycles. The molecule has 0 atom stereocenters. The molecule has 132 valence electrons. The lowest BCUT2D eigenvalue weighted by molar-refractivity contribution is 0.626. The van der Waals surface area contributed by atoms with Crippen LogP contribution in [0.3, 0.4) is 0 Å². The van der Waals surface area contributed by atoms with E-state index in [1.54, 1.807) is 19.1 Å². The first-order valence-electron chi connectivity index (χ1n) is 7.96. The zero-order valence-corrected chi connectivity index (χ0v) is 17.6. The van der Waals surface area contributed by atoms with Gasteiger partial charge in [0.25, 0.3) is 0 Å². The monoisotopic (exact) mass is 448 g/mol. The molecule has 2 aromatic rings. The fourth-order valence-electron chi connectivity index (χ4n) is 1.83. The van der Waals surface area contributed by atoms with E-state index >= 15 is 0 Å². The van der Waals surface area contributed by atoms with Crippen LogP contribution >= 0.6 is 22.6 Å². The smallest absolute Gasteiger partial charge is 0.123 e. The summed E-state index contributed by atoms with van der Waals surface area (Å²) in [6.45, 7) is 11.0. The second-order valence-corrected chi connectivity index (χ2v) is 5.57. The van der Waals surface area contributed by atoms with E-state index in [1.807, 2.05) is 45.0 Å². The molecule has 0 nitrogen and oxygen atoms in total. The second kappa shape index (κ2) is 16.8. The number of allylic oxidation sites excluding steroid dienone is 1. The van der Waals surface area contributed by atoms with Gasteiger partial charge in [0.1, 0.15) is 5.82 Å². The summed E-state index contributed by atoms with van der Waals surface area (Å²) < 4.78 is 14.5. The van der Waals surface area contributed by atoms with Gasteiger partial charge in [-0.1, -0.05) is 44.0 Å². The molecular formula is C23H26FI. The Morgan fingerprint density at radius 2 is 1.76 bits per heavy atom. The maximum atomic E-state index is 13.3. The van der Waals surface area contributed by atoms with E-state index in [0.29, 0.717) is 6.42 Å². The number of halogens is 2. The molecule has 25 heavy (non-hydrogen) atoms. The molecule has 0 fully saturated rings. The number of terminal acetylenes is 1. The third kappa shape index (κ3) is 10.4. The molecule has 0 aromatic heterocycles. The van der Waals surface area contributed by atoms with Gasteiger partial charge in [0.05, 0.1) is 0 Å². The van der Waals surface area contributed by atoms with Crippen molar-refractivity contribution in [3.05, 3.63) is 70.1 Å². The third-order valence-corrected chi connectivity index (χ3v) is 3.33. The number of benzene rings is 2. The van der Waals surface area contributed by atoms with Crippen molar-refractivity contribution in [2.75, 3.05) is 0 Å². The molecule has 0 bridgehead atoms. The molecule has 0 aliphatic rings. The van der Waals surface area contributed by atoms with Gasteiger partial charge in [0.15, 0.2) is 0 Å². The summed E-state index contributed by atoms with van der Waals surface area (Å²) in [4.78, 5) is 0. The van der Waals surface area contributed by atoms with Crippen molar-refractivity contribution in [1.82, 2.24) is 0 Å². The number of hydrogen-bond acceptors (Lipinski definition) is 0. The van der Waals surface area contributed by atoms with Crippen LogP contribution in [0.15, 0.2) is 55.1 Å². The predicted octanol–water partition coefficient (Wildman–Crippen LogP) is 7.13. The average molecular weight is 448 g/mol. The maximum Gasteiger partial charge on any atom is 0.123 e. The molecule has 0 spiro atoms. The molecule has 0 heterocycles. The first-order chi connectivity index (χ1) is 12.1. The molecule has 0 unspecified atom stereocenters. The Labute approximate surface area is 166 Å². The zero-order chi connectivity index (χ0) is 19.7. The maximum absolute atomic E-state index is 13.3. The minimum atomic E-state index is -0.211. The van der Waals surface area contributed by atoms with Crippen LogP contribution in [0, 0.1) is 34.1 Å². The standard InChI is InChI=1S/C16H12FI.C3H6.C2H6.C2H2/c1-2-3-5-12-10-14(17)8-9-16(12)13-6-4-7-15(18)11-13;1-3-2;2*1-2/h4,6-11H,5H2,1H3;3H,1H2,2H3;1-2H3;1-2H. The van der Waals surface area contributed by atoms with Gasteiger partial charge >= 0.3 is 0 Å². The normalized spacial score (nSPS) is 7.84. The zero-order valence-electron chi connectivity index (χ0n) is 15.4. The highest BCUT2D eigenvalue weighted by molar-refractivity contribution is 14.1. The second-order valence-electron chi connectivity index (χ2n) is 4.32. The molecule has 0 radical (unpaired) electrons. The molecule has 0 saturated heterocycles. The van der Waals surface area contributed by atoms with E-state index < -0.39 is 0 Å². The summed E-state index contributed by atoms with van der Waals surface area (Å²) in [6, 6.07) is 13.1. The van der Waals surface area contributed by atoms with E-state index in [1.165, 1.54) is 9.64 Å². The van der Waals surface area contributed by atoms with Crippen molar-refractivity contribution >= 4 is 22.6 Å². The van der Waals surface area contributed by atoms with Crippen molar-refractivity contribution in [3.8, 4) is 35.8 Å². The molecule has 0 N–H and O–H groups in total. The number of hydrogen-bond donors (Lipinski definition) is 0. The SMILES string of the molecule is C#C.C=CC.CC.CC#CCc1cc(F)ccc1-c1cccc(I)c1. The first-order valence-corrected chi connectivity index (χ1v) is 9.04. The van der Waals surface area contributed by atoms with Gasteiger partial charge in [-0.25, -0.2) is 4.39 Å². The van der Waals surface area contributed by atoms with Gasteiger partial charge in [-0.05, 0) is 77.4 Å². The van der Waals surface area contributed by atoms with Crippen LogP contribution in [0.5, 0.6) is 0 Å². The summed E-state index contributed by atoms with van der Waals surface area (Å²) >= 11 is 2.28.